The summed E-state index contributed by atoms with van der Waals surface area (Å²) in [5, 5.41) is 1.79. The van der Waals surface area contributed by atoms with Crippen molar-refractivity contribution >= 4 is 32.1 Å². The number of ether oxygens (including phenoxy) is 1. The highest BCUT2D eigenvalue weighted by atomic mass is 32.2. The van der Waals surface area contributed by atoms with Gasteiger partial charge >= 0.3 is 0 Å². The first-order valence-corrected chi connectivity index (χ1v) is 8.95. The van der Waals surface area contributed by atoms with E-state index < -0.39 is 10.0 Å². The molecule has 2 aromatic heterocycles. The van der Waals surface area contributed by atoms with Crippen LogP contribution in [0.3, 0.4) is 0 Å². The molecule has 3 rings (SSSR count). The molecule has 10 heteroatoms. The van der Waals surface area contributed by atoms with E-state index in [1.54, 1.807) is 18.5 Å². The van der Waals surface area contributed by atoms with Crippen LogP contribution in [0.1, 0.15) is 19.8 Å². The van der Waals surface area contributed by atoms with Gasteiger partial charge in [-0.15, -0.1) is 11.3 Å². The lowest BCUT2D eigenvalue weighted by molar-refractivity contribution is 0.0902. The lowest BCUT2D eigenvalue weighted by Crippen LogP contribution is -2.41. The number of sulfonamides is 1. The zero-order valence-electron chi connectivity index (χ0n) is 11.4. The summed E-state index contributed by atoms with van der Waals surface area (Å²) in [6.07, 6.45) is 3.36. The highest BCUT2D eigenvalue weighted by Crippen LogP contribution is 2.26. The largest absolute Gasteiger partial charge is 0.377 e. The predicted octanol–water partition coefficient (Wildman–Crippen LogP) is 0.527. The van der Waals surface area contributed by atoms with Crippen molar-refractivity contribution in [2.75, 3.05) is 12.0 Å². The van der Waals surface area contributed by atoms with Gasteiger partial charge in [-0.1, -0.05) is 0 Å². The van der Waals surface area contributed by atoms with E-state index >= 15 is 0 Å². The van der Waals surface area contributed by atoms with Gasteiger partial charge in [0.1, 0.15) is 0 Å². The molecular weight excluding hydrogens is 314 g/mol. The lowest BCUT2D eigenvalue weighted by Gasteiger charge is -2.19. The van der Waals surface area contributed by atoms with Crippen molar-refractivity contribution in [3.05, 3.63) is 11.6 Å². The van der Waals surface area contributed by atoms with Crippen LogP contribution in [0.15, 0.2) is 16.6 Å². The molecule has 1 aliphatic heterocycles. The molecule has 0 amide bonds. The van der Waals surface area contributed by atoms with E-state index in [-0.39, 0.29) is 23.0 Å². The summed E-state index contributed by atoms with van der Waals surface area (Å²) < 4.78 is 34.9. The minimum absolute atomic E-state index is 0.0195. The number of hydrogen-bond donors (Lipinski definition) is 3. The predicted molar refractivity (Wildman–Crippen MR) is 79.6 cm³/mol. The van der Waals surface area contributed by atoms with Crippen LogP contribution in [0, 0.1) is 0 Å². The van der Waals surface area contributed by atoms with Crippen LogP contribution in [0.25, 0.3) is 4.96 Å². The molecule has 0 radical (unpaired) electrons. The Labute approximate surface area is 126 Å². The number of aromatic nitrogens is 2. The lowest BCUT2D eigenvalue weighted by atomic mass is 10.1. The number of anilines is 1. The number of nitrogen functional groups attached to an aromatic ring is 1. The number of thiazole rings is 1. The third-order valence-corrected chi connectivity index (χ3v) is 5.81. The van der Waals surface area contributed by atoms with Gasteiger partial charge in [-0.05, 0) is 19.8 Å². The number of rotatable bonds is 5. The first kappa shape index (κ1) is 14.7. The molecule has 3 heterocycles. The standard InChI is InChI=1S/C11H17N5O3S2/c1-7(8-3-2-5-19-8)15-21(17,18)10-9(14-12)13-11-16(10)4-6-20-11/h4,6-8,14-15H,2-3,5,12H2,1H3. The summed E-state index contributed by atoms with van der Waals surface area (Å²) in [5.41, 5.74) is 2.34. The summed E-state index contributed by atoms with van der Waals surface area (Å²) >= 11 is 1.34. The maximum Gasteiger partial charge on any atom is 0.260 e. The fraction of sp³-hybridized carbons (Fsp3) is 0.545. The number of nitrogens with zero attached hydrogens (tertiary/aromatic N) is 2. The Balaban J connectivity index is 1.93. The molecule has 2 atom stereocenters. The van der Waals surface area contributed by atoms with Gasteiger partial charge < -0.3 is 10.2 Å². The van der Waals surface area contributed by atoms with E-state index in [1.165, 1.54) is 15.7 Å². The van der Waals surface area contributed by atoms with Gasteiger partial charge in [0, 0.05) is 24.2 Å². The van der Waals surface area contributed by atoms with Crippen LogP contribution in [0.5, 0.6) is 0 Å². The van der Waals surface area contributed by atoms with Crippen LogP contribution in [0.4, 0.5) is 5.82 Å². The van der Waals surface area contributed by atoms with Crippen molar-refractivity contribution in [2.24, 2.45) is 5.84 Å². The Morgan fingerprint density at radius 3 is 3.10 bits per heavy atom. The summed E-state index contributed by atoms with van der Waals surface area (Å²) in [4.78, 5) is 4.72. The normalized spacial score (nSPS) is 21.0. The summed E-state index contributed by atoms with van der Waals surface area (Å²) in [6.45, 7) is 2.47. The number of nitrogens with one attached hydrogen (secondary N) is 2. The Kier molecular flexibility index (Phi) is 3.88. The Hall–Kier alpha value is -1.20. The monoisotopic (exact) mass is 331 g/mol. The second-order valence-corrected chi connectivity index (χ2v) is 7.43. The number of imidazole rings is 1. The van der Waals surface area contributed by atoms with Gasteiger partial charge in [0.2, 0.25) is 5.03 Å². The smallest absolute Gasteiger partial charge is 0.260 e. The van der Waals surface area contributed by atoms with Crippen LogP contribution in [0.2, 0.25) is 0 Å². The molecule has 0 saturated carbocycles. The maximum atomic E-state index is 12.6. The topological polar surface area (TPSA) is 111 Å². The summed E-state index contributed by atoms with van der Waals surface area (Å²) in [5.74, 6) is 5.52. The fourth-order valence-corrected chi connectivity index (χ4v) is 4.78. The van der Waals surface area contributed by atoms with Crippen molar-refractivity contribution in [3.63, 3.8) is 0 Å². The van der Waals surface area contributed by atoms with E-state index in [4.69, 9.17) is 10.6 Å². The van der Waals surface area contributed by atoms with Crippen LogP contribution in [-0.4, -0.2) is 36.6 Å². The van der Waals surface area contributed by atoms with Gasteiger partial charge in [-0.25, -0.2) is 19.0 Å². The van der Waals surface area contributed by atoms with Gasteiger partial charge in [0.15, 0.2) is 10.8 Å². The molecule has 0 aliphatic carbocycles. The van der Waals surface area contributed by atoms with E-state index in [9.17, 15) is 8.42 Å². The molecule has 0 aromatic carbocycles. The molecule has 1 saturated heterocycles. The number of hydrogen-bond acceptors (Lipinski definition) is 7. The minimum Gasteiger partial charge on any atom is -0.377 e. The van der Waals surface area contributed by atoms with E-state index in [2.05, 4.69) is 15.1 Å². The highest BCUT2D eigenvalue weighted by molar-refractivity contribution is 7.89. The zero-order valence-corrected chi connectivity index (χ0v) is 13.1. The quantitative estimate of drug-likeness (QED) is 0.544. The molecule has 2 unspecified atom stereocenters. The number of nitrogens with two attached hydrogens (primary N) is 1. The molecule has 0 spiro atoms. The van der Waals surface area contributed by atoms with Crippen molar-refractivity contribution in [2.45, 2.75) is 36.9 Å². The third-order valence-electron chi connectivity index (χ3n) is 3.47. The maximum absolute atomic E-state index is 12.6. The Morgan fingerprint density at radius 2 is 2.43 bits per heavy atom. The summed E-state index contributed by atoms with van der Waals surface area (Å²) in [7, 11) is -3.76. The second kappa shape index (κ2) is 5.54. The van der Waals surface area contributed by atoms with Gasteiger partial charge in [-0.2, -0.15) is 4.98 Å². The molecule has 0 bridgehead atoms. The first-order chi connectivity index (χ1) is 10.0. The van der Waals surface area contributed by atoms with Crippen molar-refractivity contribution in [3.8, 4) is 0 Å². The van der Waals surface area contributed by atoms with E-state index in [1.807, 2.05) is 0 Å². The Bertz CT molecular complexity index is 732. The molecule has 21 heavy (non-hydrogen) atoms. The molecule has 8 nitrogen and oxygen atoms in total. The fourth-order valence-electron chi connectivity index (χ4n) is 2.49. The molecule has 2 aromatic rings. The molecule has 1 fully saturated rings. The highest BCUT2D eigenvalue weighted by Gasteiger charge is 2.31. The van der Waals surface area contributed by atoms with Crippen LogP contribution < -0.4 is 16.0 Å². The number of fused-ring (bicyclic) bond motifs is 1. The Morgan fingerprint density at radius 1 is 1.62 bits per heavy atom. The molecule has 4 N–H and O–H groups in total. The van der Waals surface area contributed by atoms with Gasteiger partial charge in [-0.3, -0.25) is 4.40 Å². The minimum atomic E-state index is -3.76. The summed E-state index contributed by atoms with van der Waals surface area (Å²) in [6, 6.07) is -0.313. The average molecular weight is 331 g/mol. The molecule has 1 aliphatic rings. The zero-order chi connectivity index (χ0) is 15.0. The second-order valence-electron chi connectivity index (χ2n) is 4.93. The van der Waals surface area contributed by atoms with Gasteiger partial charge in [0.25, 0.3) is 10.0 Å². The first-order valence-electron chi connectivity index (χ1n) is 6.59. The number of hydrazine groups is 1. The van der Waals surface area contributed by atoms with Crippen molar-refractivity contribution in [1.82, 2.24) is 14.1 Å². The third kappa shape index (κ3) is 2.64. The molecule has 116 valence electrons. The average Bonchev–Trinajstić information content (AvgIpc) is 3.13. The van der Waals surface area contributed by atoms with E-state index in [0.29, 0.717) is 11.6 Å². The van der Waals surface area contributed by atoms with Crippen LogP contribution in [-0.2, 0) is 14.8 Å². The van der Waals surface area contributed by atoms with Crippen LogP contribution >= 0.6 is 11.3 Å². The van der Waals surface area contributed by atoms with Gasteiger partial charge in [0.05, 0.1) is 6.10 Å². The van der Waals surface area contributed by atoms with Crippen molar-refractivity contribution in [1.29, 1.82) is 0 Å². The van der Waals surface area contributed by atoms with E-state index in [0.717, 1.165) is 12.8 Å². The molecular formula is C11H17N5O3S2. The van der Waals surface area contributed by atoms with Crippen molar-refractivity contribution < 1.29 is 13.2 Å². The SMILES string of the molecule is CC(NS(=O)(=O)c1c(NN)nc2sccn12)C1CCCO1.